The number of hydrogen-bond donors (Lipinski definition) is 0. The van der Waals surface area contributed by atoms with Crippen LogP contribution in [-0.4, -0.2) is 69.5 Å². The molecule has 0 bridgehead atoms. The Bertz CT molecular complexity index is 1100. The van der Waals surface area contributed by atoms with Crippen LogP contribution in [0.5, 0.6) is 5.88 Å². The number of carbonyl (C=O) groups is 1. The number of ether oxygens (including phenoxy) is 2. The highest BCUT2D eigenvalue weighted by Gasteiger charge is 2.26. The molecule has 164 valence electrons. The van der Waals surface area contributed by atoms with E-state index in [2.05, 4.69) is 15.0 Å². The van der Waals surface area contributed by atoms with E-state index >= 15 is 0 Å². The van der Waals surface area contributed by atoms with Crippen molar-refractivity contribution >= 4 is 17.6 Å². The fraction of sp³-hybridized carbons (Fsp3) is 0.455. The van der Waals surface area contributed by atoms with E-state index in [9.17, 15) is 4.79 Å². The smallest absolute Gasteiger partial charge is 0.410 e. The van der Waals surface area contributed by atoms with Gasteiger partial charge in [-0.25, -0.2) is 19.3 Å². The average Bonchev–Trinajstić information content (AvgIpc) is 3.15. The number of aryl methyl sites for hydroxylation is 1. The van der Waals surface area contributed by atoms with Crippen LogP contribution in [0.15, 0.2) is 30.6 Å². The van der Waals surface area contributed by atoms with Gasteiger partial charge >= 0.3 is 6.09 Å². The van der Waals surface area contributed by atoms with Gasteiger partial charge in [-0.2, -0.15) is 5.10 Å². The van der Waals surface area contributed by atoms with Crippen LogP contribution in [0.25, 0.3) is 16.8 Å². The van der Waals surface area contributed by atoms with Crippen LogP contribution in [0.2, 0.25) is 0 Å². The molecule has 31 heavy (non-hydrogen) atoms. The highest BCUT2D eigenvalue weighted by atomic mass is 16.6. The maximum atomic E-state index is 12.3. The number of pyridine rings is 1. The summed E-state index contributed by atoms with van der Waals surface area (Å²) in [5.74, 6) is 1.39. The molecule has 0 unspecified atom stereocenters. The number of nitrogens with zero attached hydrogens (tertiary/aromatic N) is 6. The summed E-state index contributed by atoms with van der Waals surface area (Å²) in [6, 6.07) is 5.87. The standard InChI is InChI=1S/C22H28N6O3/c1-15-6-7-16(20(24-15)30-5)17-14-23-28-9-8-18(25-19(17)28)26-10-12-27(13-11-26)21(29)31-22(2,3)4/h6-9,14H,10-13H2,1-5H3. The molecule has 3 aromatic rings. The monoisotopic (exact) mass is 424 g/mol. The number of methoxy groups -OCH3 is 1. The predicted octanol–water partition coefficient (Wildman–Crippen LogP) is 3.17. The van der Waals surface area contributed by atoms with E-state index < -0.39 is 5.60 Å². The number of piperazine rings is 1. The second-order valence-corrected chi connectivity index (χ2v) is 8.58. The first kappa shape index (κ1) is 20.9. The number of carbonyl (C=O) groups excluding carboxylic acids is 1. The Kier molecular flexibility index (Phi) is 5.43. The minimum absolute atomic E-state index is 0.271. The summed E-state index contributed by atoms with van der Waals surface area (Å²) in [6.07, 6.45) is 3.41. The first-order chi connectivity index (χ1) is 14.7. The molecule has 0 saturated carbocycles. The van der Waals surface area contributed by atoms with Crippen molar-refractivity contribution in [2.75, 3.05) is 38.2 Å². The zero-order valence-electron chi connectivity index (χ0n) is 18.6. The van der Waals surface area contributed by atoms with Crippen LogP contribution < -0.4 is 9.64 Å². The van der Waals surface area contributed by atoms with Crippen molar-refractivity contribution in [3.05, 3.63) is 36.3 Å². The highest BCUT2D eigenvalue weighted by molar-refractivity contribution is 5.80. The van der Waals surface area contributed by atoms with Gasteiger partial charge in [0.15, 0.2) is 5.65 Å². The molecule has 1 aliphatic heterocycles. The molecule has 0 atom stereocenters. The Hall–Kier alpha value is -3.36. The van der Waals surface area contributed by atoms with Gasteiger partial charge in [-0.05, 0) is 45.9 Å². The summed E-state index contributed by atoms with van der Waals surface area (Å²) < 4.78 is 12.7. The Morgan fingerprint density at radius 1 is 1.03 bits per heavy atom. The SMILES string of the molecule is COc1nc(C)ccc1-c1cnn2ccc(N3CCN(C(=O)OC(C)(C)C)CC3)nc12. The molecule has 9 nitrogen and oxygen atoms in total. The molecule has 1 amide bonds. The number of amides is 1. The van der Waals surface area contributed by atoms with Crippen LogP contribution in [0.3, 0.4) is 0 Å². The summed E-state index contributed by atoms with van der Waals surface area (Å²) >= 11 is 0. The zero-order valence-corrected chi connectivity index (χ0v) is 18.6. The van der Waals surface area contributed by atoms with Crippen molar-refractivity contribution in [3.63, 3.8) is 0 Å². The maximum absolute atomic E-state index is 12.3. The maximum Gasteiger partial charge on any atom is 0.410 e. The predicted molar refractivity (Wildman–Crippen MR) is 118 cm³/mol. The number of anilines is 1. The van der Waals surface area contributed by atoms with Gasteiger partial charge in [-0.15, -0.1) is 0 Å². The molecule has 1 saturated heterocycles. The van der Waals surface area contributed by atoms with Gasteiger partial charge in [0.25, 0.3) is 0 Å². The van der Waals surface area contributed by atoms with Crippen LogP contribution >= 0.6 is 0 Å². The molecule has 0 aliphatic carbocycles. The van der Waals surface area contributed by atoms with Gasteiger partial charge < -0.3 is 19.3 Å². The fourth-order valence-corrected chi connectivity index (χ4v) is 3.56. The van der Waals surface area contributed by atoms with E-state index in [1.54, 1.807) is 22.7 Å². The minimum atomic E-state index is -0.495. The van der Waals surface area contributed by atoms with E-state index in [1.807, 2.05) is 52.1 Å². The lowest BCUT2D eigenvalue weighted by molar-refractivity contribution is 0.0240. The van der Waals surface area contributed by atoms with Gasteiger partial charge in [0.2, 0.25) is 5.88 Å². The molecule has 0 aromatic carbocycles. The van der Waals surface area contributed by atoms with Crippen molar-refractivity contribution in [3.8, 4) is 17.0 Å². The van der Waals surface area contributed by atoms with E-state index in [1.165, 1.54) is 0 Å². The lowest BCUT2D eigenvalue weighted by Crippen LogP contribution is -2.50. The summed E-state index contributed by atoms with van der Waals surface area (Å²) in [4.78, 5) is 25.6. The lowest BCUT2D eigenvalue weighted by atomic mass is 10.1. The molecule has 4 rings (SSSR count). The van der Waals surface area contributed by atoms with Crippen LogP contribution in [0.4, 0.5) is 10.6 Å². The van der Waals surface area contributed by atoms with E-state index in [-0.39, 0.29) is 6.09 Å². The van der Waals surface area contributed by atoms with Crippen molar-refractivity contribution in [2.45, 2.75) is 33.3 Å². The fourth-order valence-electron chi connectivity index (χ4n) is 3.56. The molecular formula is C22H28N6O3. The Morgan fingerprint density at radius 3 is 2.45 bits per heavy atom. The Balaban J connectivity index is 1.56. The van der Waals surface area contributed by atoms with Crippen molar-refractivity contribution in [2.24, 2.45) is 0 Å². The van der Waals surface area contributed by atoms with E-state index in [0.29, 0.717) is 32.1 Å². The summed E-state index contributed by atoms with van der Waals surface area (Å²) in [7, 11) is 1.61. The van der Waals surface area contributed by atoms with Crippen LogP contribution in [0.1, 0.15) is 26.5 Å². The molecule has 4 heterocycles. The first-order valence-corrected chi connectivity index (χ1v) is 10.3. The van der Waals surface area contributed by atoms with Gasteiger partial charge in [0.1, 0.15) is 11.4 Å². The molecule has 0 N–H and O–H groups in total. The summed E-state index contributed by atoms with van der Waals surface area (Å²) in [6.45, 7) is 10.1. The van der Waals surface area contributed by atoms with E-state index in [4.69, 9.17) is 14.5 Å². The topological polar surface area (TPSA) is 85.1 Å². The van der Waals surface area contributed by atoms with E-state index in [0.717, 1.165) is 28.3 Å². The molecular weight excluding hydrogens is 396 g/mol. The third kappa shape index (κ3) is 4.40. The molecule has 1 aliphatic rings. The number of aromatic nitrogens is 4. The van der Waals surface area contributed by atoms with Crippen LogP contribution in [0, 0.1) is 6.92 Å². The van der Waals surface area contributed by atoms with Gasteiger partial charge in [-0.3, -0.25) is 0 Å². The van der Waals surface area contributed by atoms with Crippen molar-refractivity contribution in [1.82, 2.24) is 24.5 Å². The Labute approximate surface area is 181 Å². The second-order valence-electron chi connectivity index (χ2n) is 8.58. The Morgan fingerprint density at radius 2 is 1.77 bits per heavy atom. The molecule has 9 heteroatoms. The molecule has 0 spiro atoms. The first-order valence-electron chi connectivity index (χ1n) is 10.3. The molecule has 0 radical (unpaired) electrons. The van der Waals surface area contributed by atoms with Crippen LogP contribution in [-0.2, 0) is 4.74 Å². The number of fused-ring (bicyclic) bond motifs is 1. The summed E-state index contributed by atoms with van der Waals surface area (Å²) in [5, 5.41) is 4.43. The quantitative estimate of drug-likeness (QED) is 0.638. The second kappa shape index (κ2) is 8.05. The molecule has 3 aromatic heterocycles. The number of rotatable bonds is 3. The van der Waals surface area contributed by atoms with Gasteiger partial charge in [0, 0.05) is 43.6 Å². The zero-order chi connectivity index (χ0) is 22.2. The number of hydrogen-bond acceptors (Lipinski definition) is 7. The molecule has 1 fully saturated rings. The third-order valence-electron chi connectivity index (χ3n) is 5.09. The third-order valence-corrected chi connectivity index (χ3v) is 5.09. The van der Waals surface area contributed by atoms with Gasteiger partial charge in [-0.1, -0.05) is 0 Å². The normalized spacial score (nSPS) is 14.7. The minimum Gasteiger partial charge on any atom is -0.481 e. The van der Waals surface area contributed by atoms with Crippen molar-refractivity contribution < 1.29 is 14.3 Å². The highest BCUT2D eigenvalue weighted by Crippen LogP contribution is 2.31. The summed E-state index contributed by atoms with van der Waals surface area (Å²) in [5.41, 5.74) is 2.83. The average molecular weight is 425 g/mol. The van der Waals surface area contributed by atoms with Crippen molar-refractivity contribution in [1.29, 1.82) is 0 Å². The lowest BCUT2D eigenvalue weighted by Gasteiger charge is -2.36. The largest absolute Gasteiger partial charge is 0.481 e. The van der Waals surface area contributed by atoms with Gasteiger partial charge in [0.05, 0.1) is 18.9 Å².